The van der Waals surface area contributed by atoms with Gasteiger partial charge in [-0.3, -0.25) is 9.59 Å². The van der Waals surface area contributed by atoms with Crippen molar-refractivity contribution in [1.29, 1.82) is 0 Å². The zero-order valence-corrected chi connectivity index (χ0v) is 13.6. The van der Waals surface area contributed by atoms with E-state index >= 15 is 0 Å². The number of nitrogens with one attached hydrogen (secondary N) is 1. The predicted octanol–water partition coefficient (Wildman–Crippen LogP) is 4.66. The molecule has 1 N–H and O–H groups in total. The Hall–Kier alpha value is -2.16. The second kappa shape index (κ2) is 5.19. The van der Waals surface area contributed by atoms with Crippen molar-refractivity contribution in [2.24, 2.45) is 5.92 Å². The quantitative estimate of drug-likeness (QED) is 0.779. The van der Waals surface area contributed by atoms with E-state index in [0.29, 0.717) is 11.3 Å². The van der Waals surface area contributed by atoms with Crippen LogP contribution in [0.5, 0.6) is 0 Å². The van der Waals surface area contributed by atoms with E-state index in [1.54, 1.807) is 6.92 Å². The number of carbonyl (C=O) groups excluding carboxylic acids is 2. The van der Waals surface area contributed by atoms with Crippen LogP contribution in [0.15, 0.2) is 24.3 Å². The first-order valence-corrected chi connectivity index (χ1v) is 8.46. The lowest BCUT2D eigenvalue weighted by atomic mass is 9.73. The zero-order valence-electron chi connectivity index (χ0n) is 13.6. The molecule has 1 fully saturated rings. The fraction of sp³-hybridized carbons (Fsp3) is 0.400. The van der Waals surface area contributed by atoms with E-state index in [0.717, 1.165) is 36.1 Å². The molecule has 3 heteroatoms. The maximum absolute atomic E-state index is 13.2. The number of fused-ring (bicyclic) bond motifs is 5. The van der Waals surface area contributed by atoms with Crippen LogP contribution in [0.1, 0.15) is 70.6 Å². The van der Waals surface area contributed by atoms with Gasteiger partial charge in [0.2, 0.25) is 0 Å². The SMILES string of the molecule is CC(=O)c1c(C)[nH]c2c1-c1ccccc1[C@@H]1CCCC[C@H]1C2=O. The number of aromatic amines is 1. The van der Waals surface area contributed by atoms with Gasteiger partial charge in [-0.2, -0.15) is 0 Å². The van der Waals surface area contributed by atoms with Crippen molar-refractivity contribution in [3.05, 3.63) is 46.8 Å². The molecule has 2 aliphatic carbocycles. The highest BCUT2D eigenvalue weighted by molar-refractivity contribution is 6.12. The largest absolute Gasteiger partial charge is 0.355 e. The third-order valence-corrected chi connectivity index (χ3v) is 5.52. The van der Waals surface area contributed by atoms with Crippen LogP contribution in [0.2, 0.25) is 0 Å². The fourth-order valence-corrected chi connectivity index (χ4v) is 4.57. The number of H-pyrrole nitrogens is 1. The van der Waals surface area contributed by atoms with E-state index in [1.165, 1.54) is 12.0 Å². The molecule has 0 amide bonds. The summed E-state index contributed by atoms with van der Waals surface area (Å²) >= 11 is 0. The maximum Gasteiger partial charge on any atom is 0.183 e. The fourth-order valence-electron chi connectivity index (χ4n) is 4.57. The standard InChI is InChI=1S/C20H21NO2/c1-11-17(12(2)22)18-15-9-5-3-7-13(15)14-8-4-6-10-16(14)20(23)19(18)21-11/h3,5,7,9,14,16,21H,4,6,8,10H2,1-2H3/t14-,16+/m0/s1. The van der Waals surface area contributed by atoms with Crippen LogP contribution in [0.25, 0.3) is 11.1 Å². The normalized spacial score (nSPS) is 22.8. The minimum absolute atomic E-state index is 0.0208. The second-order valence-electron chi connectivity index (χ2n) is 6.88. The lowest BCUT2D eigenvalue weighted by molar-refractivity contribution is 0.0866. The average Bonchev–Trinajstić information content (AvgIpc) is 2.87. The highest BCUT2D eigenvalue weighted by Crippen LogP contribution is 2.48. The summed E-state index contributed by atoms with van der Waals surface area (Å²) in [7, 11) is 0. The summed E-state index contributed by atoms with van der Waals surface area (Å²) in [5, 5.41) is 0. The van der Waals surface area contributed by atoms with Gasteiger partial charge in [-0.1, -0.05) is 37.1 Å². The summed E-state index contributed by atoms with van der Waals surface area (Å²) in [6.45, 7) is 3.47. The minimum atomic E-state index is 0.0208. The third-order valence-electron chi connectivity index (χ3n) is 5.52. The highest BCUT2D eigenvalue weighted by Gasteiger charge is 2.40. The van der Waals surface area contributed by atoms with Gasteiger partial charge in [-0.05, 0) is 43.7 Å². The Bertz CT molecular complexity index is 815. The smallest absolute Gasteiger partial charge is 0.183 e. The zero-order chi connectivity index (χ0) is 16.1. The molecule has 2 aromatic rings. The van der Waals surface area contributed by atoms with Gasteiger partial charge in [0.25, 0.3) is 0 Å². The minimum Gasteiger partial charge on any atom is -0.355 e. The molecule has 0 saturated heterocycles. The molecule has 2 aliphatic rings. The Morgan fingerprint density at radius 1 is 1.13 bits per heavy atom. The molecule has 1 aromatic heterocycles. The lowest BCUT2D eigenvalue weighted by Crippen LogP contribution is -2.25. The first-order valence-electron chi connectivity index (χ1n) is 8.46. The van der Waals surface area contributed by atoms with E-state index in [9.17, 15) is 9.59 Å². The molecule has 23 heavy (non-hydrogen) atoms. The number of Topliss-reactive ketones (excluding diaryl/α,β-unsaturated/α-hetero) is 2. The summed E-state index contributed by atoms with van der Waals surface area (Å²) in [5.41, 5.74) is 5.28. The molecule has 3 nitrogen and oxygen atoms in total. The Kier molecular flexibility index (Phi) is 3.26. The Morgan fingerprint density at radius 2 is 1.83 bits per heavy atom. The molecule has 0 unspecified atom stereocenters. The summed E-state index contributed by atoms with van der Waals surface area (Å²) < 4.78 is 0. The molecule has 0 radical (unpaired) electrons. The first kappa shape index (κ1) is 14.4. The summed E-state index contributed by atoms with van der Waals surface area (Å²) in [6.07, 6.45) is 4.30. The van der Waals surface area contributed by atoms with E-state index in [-0.39, 0.29) is 23.4 Å². The van der Waals surface area contributed by atoms with Gasteiger partial charge >= 0.3 is 0 Å². The topological polar surface area (TPSA) is 49.9 Å². The molecular formula is C20H21NO2. The van der Waals surface area contributed by atoms with Crippen molar-refractivity contribution in [1.82, 2.24) is 4.98 Å². The number of benzene rings is 1. The molecule has 0 spiro atoms. The van der Waals surface area contributed by atoms with Crippen LogP contribution in [0.4, 0.5) is 0 Å². The number of carbonyl (C=O) groups is 2. The molecule has 1 saturated carbocycles. The summed E-state index contributed by atoms with van der Waals surface area (Å²) in [6, 6.07) is 8.26. The molecule has 1 heterocycles. The maximum atomic E-state index is 13.2. The van der Waals surface area contributed by atoms with Crippen molar-refractivity contribution in [3.63, 3.8) is 0 Å². The van der Waals surface area contributed by atoms with Gasteiger partial charge in [-0.15, -0.1) is 0 Å². The number of aromatic nitrogens is 1. The van der Waals surface area contributed by atoms with Crippen molar-refractivity contribution in [3.8, 4) is 11.1 Å². The van der Waals surface area contributed by atoms with Gasteiger partial charge in [0, 0.05) is 22.7 Å². The molecular weight excluding hydrogens is 286 g/mol. The molecule has 1 aromatic carbocycles. The number of aryl methyl sites for hydroxylation is 1. The highest BCUT2D eigenvalue weighted by atomic mass is 16.1. The molecule has 2 atom stereocenters. The second-order valence-corrected chi connectivity index (χ2v) is 6.88. The number of hydrogen-bond donors (Lipinski definition) is 1. The monoisotopic (exact) mass is 307 g/mol. The number of hydrogen-bond acceptors (Lipinski definition) is 2. The average molecular weight is 307 g/mol. The van der Waals surface area contributed by atoms with Crippen LogP contribution in [0.3, 0.4) is 0 Å². The predicted molar refractivity (Wildman–Crippen MR) is 90.0 cm³/mol. The van der Waals surface area contributed by atoms with Crippen LogP contribution < -0.4 is 0 Å². The van der Waals surface area contributed by atoms with Crippen LogP contribution in [-0.2, 0) is 0 Å². The van der Waals surface area contributed by atoms with Crippen LogP contribution in [-0.4, -0.2) is 16.6 Å². The molecule has 0 aliphatic heterocycles. The van der Waals surface area contributed by atoms with Crippen LogP contribution >= 0.6 is 0 Å². The number of ketones is 2. The van der Waals surface area contributed by atoms with E-state index in [4.69, 9.17) is 0 Å². The van der Waals surface area contributed by atoms with E-state index in [2.05, 4.69) is 17.1 Å². The van der Waals surface area contributed by atoms with Gasteiger partial charge in [0.1, 0.15) is 0 Å². The van der Waals surface area contributed by atoms with Crippen LogP contribution in [0, 0.1) is 12.8 Å². The van der Waals surface area contributed by atoms with Gasteiger partial charge < -0.3 is 4.98 Å². The molecule has 4 rings (SSSR count). The number of rotatable bonds is 1. The van der Waals surface area contributed by atoms with Crippen molar-refractivity contribution in [2.45, 2.75) is 45.4 Å². The summed E-state index contributed by atoms with van der Waals surface area (Å²) in [5.74, 6) is 0.543. The van der Waals surface area contributed by atoms with Crippen molar-refractivity contribution < 1.29 is 9.59 Å². The van der Waals surface area contributed by atoms with E-state index in [1.807, 2.05) is 19.1 Å². The Balaban J connectivity index is 2.07. The summed E-state index contributed by atoms with van der Waals surface area (Å²) in [4.78, 5) is 28.6. The Morgan fingerprint density at radius 3 is 2.57 bits per heavy atom. The van der Waals surface area contributed by atoms with Crippen molar-refractivity contribution >= 4 is 11.6 Å². The first-order chi connectivity index (χ1) is 11.1. The Labute approximate surface area is 136 Å². The van der Waals surface area contributed by atoms with Crippen molar-refractivity contribution in [2.75, 3.05) is 0 Å². The van der Waals surface area contributed by atoms with Gasteiger partial charge in [-0.25, -0.2) is 0 Å². The third kappa shape index (κ3) is 2.03. The molecule has 118 valence electrons. The van der Waals surface area contributed by atoms with E-state index < -0.39 is 0 Å². The van der Waals surface area contributed by atoms with Gasteiger partial charge in [0.05, 0.1) is 5.69 Å². The lowest BCUT2D eigenvalue weighted by Gasteiger charge is -2.30. The van der Waals surface area contributed by atoms with Gasteiger partial charge in [0.15, 0.2) is 11.6 Å². The molecule has 0 bridgehead atoms.